The van der Waals surface area contributed by atoms with E-state index in [1.54, 1.807) is 19.2 Å². The van der Waals surface area contributed by atoms with Crippen molar-refractivity contribution in [1.29, 1.82) is 0 Å². The second kappa shape index (κ2) is 12.3. The molecule has 1 aliphatic heterocycles. The number of methoxy groups -OCH3 is 1. The van der Waals surface area contributed by atoms with Crippen LogP contribution in [0.4, 0.5) is 11.4 Å². The van der Waals surface area contributed by atoms with Gasteiger partial charge < -0.3 is 24.6 Å². The number of carbonyl (C=O) groups is 1. The van der Waals surface area contributed by atoms with Gasteiger partial charge in [0.05, 0.1) is 13.2 Å². The van der Waals surface area contributed by atoms with Crippen molar-refractivity contribution in [2.24, 2.45) is 0 Å². The number of para-hydroxylation sites is 1. The minimum Gasteiger partial charge on any atom is -0.497 e. The molecule has 7 nitrogen and oxygen atoms in total. The second-order valence-electron chi connectivity index (χ2n) is 9.13. The molecule has 1 saturated heterocycles. The average Bonchev–Trinajstić information content (AvgIpc) is 2.93. The molecule has 0 aliphatic carbocycles. The summed E-state index contributed by atoms with van der Waals surface area (Å²) in [6.45, 7) is 4.24. The van der Waals surface area contributed by atoms with Crippen LogP contribution in [-0.4, -0.2) is 71.3 Å². The summed E-state index contributed by atoms with van der Waals surface area (Å²) in [6.07, 6.45) is 0. The molecule has 3 aromatic rings. The Morgan fingerprint density at radius 1 is 0.889 bits per heavy atom. The van der Waals surface area contributed by atoms with Crippen LogP contribution in [0.15, 0.2) is 78.9 Å². The zero-order valence-electron chi connectivity index (χ0n) is 21.4. The normalized spacial score (nSPS) is 14.7. The summed E-state index contributed by atoms with van der Waals surface area (Å²) >= 11 is 0. The van der Waals surface area contributed by atoms with Crippen LogP contribution in [-0.2, 0) is 4.79 Å². The van der Waals surface area contributed by atoms with E-state index in [1.165, 1.54) is 11.3 Å². The van der Waals surface area contributed by atoms with Crippen molar-refractivity contribution in [3.63, 3.8) is 0 Å². The van der Waals surface area contributed by atoms with E-state index in [1.807, 2.05) is 32.3 Å². The highest BCUT2D eigenvalue weighted by atomic mass is 16.5. The van der Waals surface area contributed by atoms with E-state index in [0.717, 1.165) is 37.6 Å². The fraction of sp³-hybridized carbons (Fsp3) is 0.345. The van der Waals surface area contributed by atoms with Crippen LogP contribution in [0.25, 0.3) is 0 Å². The molecular formula is C29H36N4O3. The number of nitrogens with zero attached hydrogens (tertiary/aromatic N) is 3. The highest BCUT2D eigenvalue weighted by molar-refractivity contribution is 5.77. The lowest BCUT2D eigenvalue weighted by molar-refractivity contribution is -0.123. The number of amides is 1. The molecule has 36 heavy (non-hydrogen) atoms. The number of nitrogens with one attached hydrogen (secondary N) is 1. The molecule has 0 spiro atoms. The van der Waals surface area contributed by atoms with Crippen LogP contribution in [0.1, 0.15) is 11.6 Å². The lowest BCUT2D eigenvalue weighted by Crippen LogP contribution is -2.50. The average molecular weight is 489 g/mol. The Balaban J connectivity index is 1.38. The van der Waals surface area contributed by atoms with Crippen molar-refractivity contribution in [1.82, 2.24) is 10.2 Å². The van der Waals surface area contributed by atoms with Gasteiger partial charge in [0.15, 0.2) is 6.61 Å². The molecular weight excluding hydrogens is 452 g/mol. The maximum atomic E-state index is 12.6. The number of piperazine rings is 1. The van der Waals surface area contributed by atoms with Gasteiger partial charge in [0, 0.05) is 58.2 Å². The summed E-state index contributed by atoms with van der Waals surface area (Å²) < 4.78 is 10.8. The van der Waals surface area contributed by atoms with Crippen molar-refractivity contribution in [3.8, 4) is 11.5 Å². The highest BCUT2D eigenvalue weighted by Gasteiger charge is 2.26. The molecule has 3 aromatic carbocycles. The van der Waals surface area contributed by atoms with Crippen LogP contribution < -0.4 is 24.6 Å². The van der Waals surface area contributed by atoms with Gasteiger partial charge in [-0.25, -0.2) is 0 Å². The summed E-state index contributed by atoms with van der Waals surface area (Å²) in [6, 6.07) is 26.5. The smallest absolute Gasteiger partial charge is 0.258 e. The van der Waals surface area contributed by atoms with Crippen LogP contribution in [0, 0.1) is 0 Å². The van der Waals surface area contributed by atoms with Crippen LogP contribution in [0.3, 0.4) is 0 Å². The zero-order chi connectivity index (χ0) is 25.3. The maximum Gasteiger partial charge on any atom is 0.258 e. The third-order valence-electron chi connectivity index (χ3n) is 6.59. The molecule has 0 bridgehead atoms. The van der Waals surface area contributed by atoms with Crippen LogP contribution in [0.5, 0.6) is 11.5 Å². The van der Waals surface area contributed by atoms with Gasteiger partial charge in [-0.15, -0.1) is 0 Å². The number of hydrogen-bond donors (Lipinski definition) is 1. The van der Waals surface area contributed by atoms with Gasteiger partial charge in [-0.1, -0.05) is 30.3 Å². The molecule has 0 radical (unpaired) electrons. The number of anilines is 2. The van der Waals surface area contributed by atoms with Crippen molar-refractivity contribution in [2.45, 2.75) is 6.04 Å². The number of hydrogen-bond acceptors (Lipinski definition) is 6. The summed E-state index contributed by atoms with van der Waals surface area (Å²) in [5, 5.41) is 3.10. The SMILES string of the molecule is COc1ccc(OCC(=O)NCC(c2ccc(N(C)C)cc2)N2CCN(c3ccccc3)CC2)cc1. The minimum absolute atomic E-state index is 0.0274. The van der Waals surface area contributed by atoms with Gasteiger partial charge in [0.25, 0.3) is 5.91 Å². The summed E-state index contributed by atoms with van der Waals surface area (Å²) in [4.78, 5) is 19.6. The first-order valence-corrected chi connectivity index (χ1v) is 12.4. The monoisotopic (exact) mass is 488 g/mol. The fourth-order valence-corrected chi connectivity index (χ4v) is 4.47. The molecule has 1 atom stereocenters. The third-order valence-corrected chi connectivity index (χ3v) is 6.59. The van der Waals surface area contributed by atoms with E-state index in [2.05, 4.69) is 68.5 Å². The predicted molar refractivity (Wildman–Crippen MR) is 145 cm³/mol. The molecule has 1 amide bonds. The molecule has 4 rings (SSSR count). The van der Waals surface area contributed by atoms with Crippen LogP contribution >= 0.6 is 0 Å². The second-order valence-corrected chi connectivity index (χ2v) is 9.13. The third kappa shape index (κ3) is 6.70. The molecule has 1 unspecified atom stereocenters. The van der Waals surface area contributed by atoms with Crippen molar-refractivity contribution >= 4 is 17.3 Å². The first-order valence-electron chi connectivity index (χ1n) is 12.4. The molecule has 0 saturated carbocycles. The number of benzene rings is 3. The Morgan fingerprint density at radius 3 is 2.14 bits per heavy atom. The minimum atomic E-state index is -0.136. The Bertz CT molecular complexity index is 1080. The first-order chi connectivity index (χ1) is 17.5. The molecule has 7 heteroatoms. The van der Waals surface area contributed by atoms with E-state index in [-0.39, 0.29) is 18.6 Å². The predicted octanol–water partition coefficient (Wildman–Crippen LogP) is 3.82. The molecule has 1 aliphatic rings. The number of ether oxygens (including phenoxy) is 2. The molecule has 1 fully saturated rings. The van der Waals surface area contributed by atoms with E-state index < -0.39 is 0 Å². The lowest BCUT2D eigenvalue weighted by atomic mass is 10.0. The van der Waals surface area contributed by atoms with Crippen LogP contribution in [0.2, 0.25) is 0 Å². The van der Waals surface area contributed by atoms with E-state index in [9.17, 15) is 4.79 Å². The van der Waals surface area contributed by atoms with E-state index >= 15 is 0 Å². The van der Waals surface area contributed by atoms with Gasteiger partial charge in [-0.2, -0.15) is 0 Å². The Kier molecular flexibility index (Phi) is 8.68. The number of rotatable bonds is 10. The Hall–Kier alpha value is -3.71. The molecule has 0 aromatic heterocycles. The summed E-state index contributed by atoms with van der Waals surface area (Å²) in [5.41, 5.74) is 3.61. The van der Waals surface area contributed by atoms with E-state index in [4.69, 9.17) is 9.47 Å². The van der Waals surface area contributed by atoms with Gasteiger partial charge in [-0.05, 0) is 54.1 Å². The molecule has 190 valence electrons. The van der Waals surface area contributed by atoms with E-state index in [0.29, 0.717) is 12.3 Å². The zero-order valence-corrected chi connectivity index (χ0v) is 21.4. The lowest BCUT2D eigenvalue weighted by Gasteiger charge is -2.40. The van der Waals surface area contributed by atoms with Gasteiger partial charge >= 0.3 is 0 Å². The standard InChI is InChI=1S/C29H36N4O3/c1-31(2)24-11-9-23(10-12-24)28(33-19-17-32(18-20-33)25-7-5-4-6-8-25)21-30-29(34)22-36-27-15-13-26(35-3)14-16-27/h4-16,28H,17-22H2,1-3H3,(H,30,34). The quantitative estimate of drug-likeness (QED) is 0.468. The van der Waals surface area contributed by atoms with Gasteiger partial charge in [0.1, 0.15) is 11.5 Å². The largest absolute Gasteiger partial charge is 0.497 e. The van der Waals surface area contributed by atoms with Gasteiger partial charge in [0.2, 0.25) is 0 Å². The Morgan fingerprint density at radius 2 is 1.53 bits per heavy atom. The topological polar surface area (TPSA) is 57.3 Å². The van der Waals surface area contributed by atoms with Crippen molar-refractivity contribution in [2.75, 3.05) is 70.3 Å². The number of carbonyl (C=O) groups excluding carboxylic acids is 1. The Labute approximate surface area is 214 Å². The van der Waals surface area contributed by atoms with Crippen molar-refractivity contribution < 1.29 is 14.3 Å². The summed E-state index contributed by atoms with van der Waals surface area (Å²) in [5.74, 6) is 1.25. The molecule has 1 heterocycles. The van der Waals surface area contributed by atoms with Crippen molar-refractivity contribution in [3.05, 3.63) is 84.4 Å². The summed E-state index contributed by atoms with van der Waals surface area (Å²) in [7, 11) is 5.70. The molecule has 1 N–H and O–H groups in total. The van der Waals surface area contributed by atoms with Gasteiger partial charge in [-0.3, -0.25) is 9.69 Å². The maximum absolute atomic E-state index is 12.6. The highest BCUT2D eigenvalue weighted by Crippen LogP contribution is 2.26. The fourth-order valence-electron chi connectivity index (χ4n) is 4.47. The first kappa shape index (κ1) is 25.4.